The number of nitrogens with two attached hydrogens (primary N) is 1. The van der Waals surface area contributed by atoms with Crippen LogP contribution in [0.2, 0.25) is 5.02 Å². The largest absolute Gasteiger partial charge is 0.399 e. The van der Waals surface area contributed by atoms with Gasteiger partial charge in [-0.05, 0) is 24.1 Å². The van der Waals surface area contributed by atoms with E-state index >= 15 is 0 Å². The van der Waals surface area contributed by atoms with Crippen molar-refractivity contribution in [1.82, 2.24) is 0 Å². The first kappa shape index (κ1) is 11.5. The van der Waals surface area contributed by atoms with Crippen LogP contribution in [0.15, 0.2) is 18.2 Å². The van der Waals surface area contributed by atoms with Gasteiger partial charge in [-0.1, -0.05) is 37.3 Å². The van der Waals surface area contributed by atoms with Gasteiger partial charge in [-0.3, -0.25) is 4.79 Å². The molecule has 1 aromatic rings. The van der Waals surface area contributed by atoms with E-state index in [4.69, 9.17) is 17.3 Å². The third-order valence-corrected chi connectivity index (χ3v) is 3.41. The Hall–Kier alpha value is -1.02. The molecule has 0 bridgehead atoms. The summed E-state index contributed by atoms with van der Waals surface area (Å²) in [5.41, 5.74) is 6.88. The first-order valence-electron chi connectivity index (χ1n) is 5.74. The number of hydrogen-bond donors (Lipinski definition) is 1. The van der Waals surface area contributed by atoms with E-state index in [1.165, 1.54) is 25.7 Å². The minimum Gasteiger partial charge on any atom is -0.399 e. The Bertz CT molecular complexity index is 377. The number of benzene rings is 1. The Balaban J connectivity index is 2.07. The standard InChI is InChI=1S/C13H16ClNO/c14-11-6-10(7-12(15)8-11)13(16)5-9-3-1-2-4-9/h6-9H,1-5,15H2. The first-order chi connectivity index (χ1) is 7.65. The maximum Gasteiger partial charge on any atom is 0.163 e. The van der Waals surface area contributed by atoms with Crippen molar-refractivity contribution in [3.63, 3.8) is 0 Å². The highest BCUT2D eigenvalue weighted by Gasteiger charge is 2.19. The van der Waals surface area contributed by atoms with Crippen LogP contribution in [0.25, 0.3) is 0 Å². The Labute approximate surface area is 101 Å². The summed E-state index contributed by atoms with van der Waals surface area (Å²) in [7, 11) is 0. The van der Waals surface area contributed by atoms with Gasteiger partial charge in [0, 0.05) is 22.7 Å². The number of ketones is 1. The second-order valence-electron chi connectivity index (χ2n) is 4.55. The van der Waals surface area contributed by atoms with Crippen molar-refractivity contribution in [2.75, 3.05) is 5.73 Å². The first-order valence-corrected chi connectivity index (χ1v) is 6.12. The highest BCUT2D eigenvalue weighted by atomic mass is 35.5. The molecular formula is C13H16ClNO. The molecule has 2 rings (SSSR count). The van der Waals surface area contributed by atoms with Gasteiger partial charge in [-0.2, -0.15) is 0 Å². The average Bonchev–Trinajstić information content (AvgIpc) is 2.68. The van der Waals surface area contributed by atoms with Crippen molar-refractivity contribution in [3.05, 3.63) is 28.8 Å². The number of nitrogen functional groups attached to an aromatic ring is 1. The fraction of sp³-hybridized carbons (Fsp3) is 0.462. The summed E-state index contributed by atoms with van der Waals surface area (Å²) < 4.78 is 0. The summed E-state index contributed by atoms with van der Waals surface area (Å²) in [5.74, 6) is 0.730. The highest BCUT2D eigenvalue weighted by Crippen LogP contribution is 2.29. The molecule has 16 heavy (non-hydrogen) atoms. The van der Waals surface area contributed by atoms with Gasteiger partial charge in [0.1, 0.15) is 0 Å². The van der Waals surface area contributed by atoms with E-state index in [1.807, 2.05) is 0 Å². The minimum atomic E-state index is 0.168. The molecule has 86 valence electrons. The van der Waals surface area contributed by atoms with Crippen LogP contribution in [0, 0.1) is 5.92 Å². The van der Waals surface area contributed by atoms with E-state index in [0.29, 0.717) is 28.6 Å². The molecule has 0 spiro atoms. The van der Waals surface area contributed by atoms with Gasteiger partial charge in [0.2, 0.25) is 0 Å². The van der Waals surface area contributed by atoms with Crippen molar-refractivity contribution >= 4 is 23.1 Å². The van der Waals surface area contributed by atoms with Crippen LogP contribution in [0.5, 0.6) is 0 Å². The van der Waals surface area contributed by atoms with E-state index in [1.54, 1.807) is 18.2 Å². The summed E-state index contributed by atoms with van der Waals surface area (Å²) in [6.07, 6.45) is 5.52. The predicted molar refractivity (Wildman–Crippen MR) is 66.8 cm³/mol. The third kappa shape index (κ3) is 2.76. The molecule has 0 aromatic heterocycles. The van der Waals surface area contributed by atoms with Gasteiger partial charge >= 0.3 is 0 Å². The molecule has 2 nitrogen and oxygen atoms in total. The number of rotatable bonds is 3. The van der Waals surface area contributed by atoms with Crippen LogP contribution < -0.4 is 5.73 Å². The molecule has 1 aromatic carbocycles. The molecule has 0 radical (unpaired) electrons. The monoisotopic (exact) mass is 237 g/mol. The zero-order valence-electron chi connectivity index (χ0n) is 9.21. The lowest BCUT2D eigenvalue weighted by Crippen LogP contribution is -2.06. The second kappa shape index (κ2) is 4.88. The van der Waals surface area contributed by atoms with Gasteiger partial charge in [0.25, 0.3) is 0 Å². The summed E-state index contributed by atoms with van der Waals surface area (Å²) in [6, 6.07) is 5.08. The predicted octanol–water partition coefficient (Wildman–Crippen LogP) is 3.69. The minimum absolute atomic E-state index is 0.168. The maximum absolute atomic E-state index is 12.0. The molecule has 2 N–H and O–H groups in total. The fourth-order valence-corrected chi connectivity index (χ4v) is 2.61. The third-order valence-electron chi connectivity index (χ3n) is 3.19. The van der Waals surface area contributed by atoms with E-state index in [0.717, 1.165) is 0 Å². The van der Waals surface area contributed by atoms with Crippen molar-refractivity contribution in [2.45, 2.75) is 32.1 Å². The lowest BCUT2D eigenvalue weighted by molar-refractivity contribution is 0.0962. The molecular weight excluding hydrogens is 222 g/mol. The fourth-order valence-electron chi connectivity index (χ4n) is 2.37. The van der Waals surface area contributed by atoms with Gasteiger partial charge in [0.05, 0.1) is 0 Å². The van der Waals surface area contributed by atoms with Crippen LogP contribution in [-0.4, -0.2) is 5.78 Å². The Morgan fingerprint density at radius 3 is 2.62 bits per heavy atom. The number of Topliss-reactive ketones (excluding diaryl/α,β-unsaturated/α-hetero) is 1. The van der Waals surface area contributed by atoms with Gasteiger partial charge < -0.3 is 5.73 Å². The second-order valence-corrected chi connectivity index (χ2v) is 4.99. The van der Waals surface area contributed by atoms with Crippen LogP contribution >= 0.6 is 11.6 Å². The van der Waals surface area contributed by atoms with Crippen LogP contribution in [0.4, 0.5) is 5.69 Å². The molecule has 1 fully saturated rings. The average molecular weight is 238 g/mol. The zero-order valence-corrected chi connectivity index (χ0v) is 9.96. The maximum atomic E-state index is 12.0. The van der Waals surface area contributed by atoms with Crippen molar-refractivity contribution < 1.29 is 4.79 Å². The van der Waals surface area contributed by atoms with Crippen molar-refractivity contribution in [2.24, 2.45) is 5.92 Å². The molecule has 0 heterocycles. The SMILES string of the molecule is Nc1cc(Cl)cc(C(=O)CC2CCCC2)c1. The number of anilines is 1. The van der Waals surface area contributed by atoms with Crippen molar-refractivity contribution in [3.8, 4) is 0 Å². The van der Waals surface area contributed by atoms with Gasteiger partial charge in [-0.15, -0.1) is 0 Å². The van der Waals surface area contributed by atoms with Crippen LogP contribution in [0.3, 0.4) is 0 Å². The molecule has 0 saturated heterocycles. The Kier molecular flexibility index (Phi) is 3.49. The van der Waals surface area contributed by atoms with E-state index in [2.05, 4.69) is 0 Å². The zero-order chi connectivity index (χ0) is 11.5. The normalized spacial score (nSPS) is 16.6. The molecule has 3 heteroatoms. The molecule has 0 unspecified atom stereocenters. The van der Waals surface area contributed by atoms with Crippen LogP contribution in [0.1, 0.15) is 42.5 Å². The summed E-state index contributed by atoms with van der Waals surface area (Å²) in [5, 5.41) is 0.537. The Morgan fingerprint density at radius 2 is 2.00 bits per heavy atom. The van der Waals surface area contributed by atoms with E-state index in [-0.39, 0.29) is 5.78 Å². The summed E-state index contributed by atoms with van der Waals surface area (Å²) in [4.78, 5) is 12.0. The number of carbonyl (C=O) groups is 1. The van der Waals surface area contributed by atoms with E-state index in [9.17, 15) is 4.79 Å². The topological polar surface area (TPSA) is 43.1 Å². The quantitative estimate of drug-likeness (QED) is 0.644. The van der Waals surface area contributed by atoms with Gasteiger partial charge in [-0.25, -0.2) is 0 Å². The summed E-state index contributed by atoms with van der Waals surface area (Å²) >= 11 is 5.88. The molecule has 0 aliphatic heterocycles. The lowest BCUT2D eigenvalue weighted by atomic mass is 9.97. The van der Waals surface area contributed by atoms with Crippen LogP contribution in [-0.2, 0) is 0 Å². The van der Waals surface area contributed by atoms with E-state index < -0.39 is 0 Å². The summed E-state index contributed by atoms with van der Waals surface area (Å²) in [6.45, 7) is 0. The lowest BCUT2D eigenvalue weighted by Gasteiger charge is -2.08. The number of carbonyl (C=O) groups excluding carboxylic acids is 1. The molecule has 1 aliphatic carbocycles. The van der Waals surface area contributed by atoms with Crippen molar-refractivity contribution in [1.29, 1.82) is 0 Å². The number of hydrogen-bond acceptors (Lipinski definition) is 2. The molecule has 0 atom stereocenters. The smallest absolute Gasteiger partial charge is 0.163 e. The van der Waals surface area contributed by atoms with Gasteiger partial charge in [0.15, 0.2) is 5.78 Å². The molecule has 1 saturated carbocycles. The highest BCUT2D eigenvalue weighted by molar-refractivity contribution is 6.31. The molecule has 1 aliphatic rings. The molecule has 0 amide bonds. The number of halogens is 1. The Morgan fingerprint density at radius 1 is 1.31 bits per heavy atom.